The molecule has 3 rings (SSSR count). The van der Waals surface area contributed by atoms with Crippen LogP contribution in [0.15, 0.2) is 65.1 Å². The SMILES string of the molecule is CC(C)(C)[S@](=O)/N=C/C[C@H]1C[C@@H]1CO[Si](c1ccccc1)(c1ccccc1)C(C)(C)C. The molecule has 3 nitrogen and oxygen atoms in total. The van der Waals surface area contributed by atoms with Crippen molar-refractivity contribution in [2.24, 2.45) is 16.2 Å². The molecule has 0 radical (unpaired) electrons. The summed E-state index contributed by atoms with van der Waals surface area (Å²) in [6.45, 7) is 13.6. The average Bonchev–Trinajstić information content (AvgIpc) is 3.46. The van der Waals surface area contributed by atoms with Gasteiger partial charge >= 0.3 is 0 Å². The molecule has 2 aromatic carbocycles. The Balaban J connectivity index is 1.76. The van der Waals surface area contributed by atoms with Gasteiger partial charge in [-0.15, -0.1) is 0 Å². The molecule has 168 valence electrons. The highest BCUT2D eigenvalue weighted by atomic mass is 32.2. The van der Waals surface area contributed by atoms with Gasteiger partial charge in [-0.05, 0) is 60.9 Å². The Kier molecular flexibility index (Phi) is 7.39. The fourth-order valence-electron chi connectivity index (χ4n) is 4.20. The third-order valence-electron chi connectivity index (χ3n) is 6.10. The van der Waals surface area contributed by atoms with Crippen molar-refractivity contribution >= 4 is 35.9 Å². The average molecular weight is 456 g/mol. The lowest BCUT2D eigenvalue weighted by atomic mass is 10.2. The summed E-state index contributed by atoms with van der Waals surface area (Å²) in [6, 6.07) is 21.6. The van der Waals surface area contributed by atoms with E-state index in [1.54, 1.807) is 0 Å². The van der Waals surface area contributed by atoms with Gasteiger partial charge in [0.2, 0.25) is 0 Å². The number of rotatable bonds is 8. The van der Waals surface area contributed by atoms with Crippen LogP contribution in [-0.2, 0) is 15.4 Å². The minimum absolute atomic E-state index is 0.00512. The molecule has 0 saturated heterocycles. The topological polar surface area (TPSA) is 38.7 Å². The molecule has 1 aliphatic carbocycles. The maximum atomic E-state index is 12.1. The Morgan fingerprint density at radius 2 is 1.45 bits per heavy atom. The second kappa shape index (κ2) is 9.51. The molecule has 31 heavy (non-hydrogen) atoms. The summed E-state index contributed by atoms with van der Waals surface area (Å²) in [5, 5.41) is 2.66. The van der Waals surface area contributed by atoms with Gasteiger partial charge in [-0.25, -0.2) is 4.21 Å². The van der Waals surface area contributed by atoms with Crippen LogP contribution < -0.4 is 10.4 Å². The lowest BCUT2D eigenvalue weighted by molar-refractivity contribution is 0.275. The van der Waals surface area contributed by atoms with Crippen molar-refractivity contribution in [1.82, 2.24) is 0 Å². The van der Waals surface area contributed by atoms with Gasteiger partial charge in [-0.3, -0.25) is 0 Å². The van der Waals surface area contributed by atoms with E-state index in [4.69, 9.17) is 4.43 Å². The van der Waals surface area contributed by atoms with E-state index >= 15 is 0 Å². The van der Waals surface area contributed by atoms with E-state index in [0.717, 1.165) is 19.4 Å². The molecule has 2 aromatic rings. The van der Waals surface area contributed by atoms with Crippen LogP contribution >= 0.6 is 0 Å². The lowest BCUT2D eigenvalue weighted by Crippen LogP contribution is -2.66. The highest BCUT2D eigenvalue weighted by Crippen LogP contribution is 2.43. The molecule has 0 aromatic heterocycles. The van der Waals surface area contributed by atoms with Gasteiger partial charge < -0.3 is 4.43 Å². The summed E-state index contributed by atoms with van der Waals surface area (Å²) in [5.41, 5.74) is 0. The minimum atomic E-state index is -2.46. The first kappa shape index (κ1) is 24.1. The quantitative estimate of drug-likeness (QED) is 0.409. The predicted octanol–water partition coefficient (Wildman–Crippen LogP) is 5.12. The third kappa shape index (κ3) is 5.63. The largest absolute Gasteiger partial charge is 0.407 e. The Labute approximate surface area is 192 Å². The summed E-state index contributed by atoms with van der Waals surface area (Å²) in [5.74, 6) is 1.13. The van der Waals surface area contributed by atoms with Crippen molar-refractivity contribution in [2.45, 2.75) is 64.2 Å². The normalized spacial score (nSPS) is 20.7. The van der Waals surface area contributed by atoms with Gasteiger partial charge in [0.05, 0.1) is 4.75 Å². The van der Waals surface area contributed by atoms with Crippen LogP contribution in [0.5, 0.6) is 0 Å². The zero-order valence-electron chi connectivity index (χ0n) is 19.8. The maximum absolute atomic E-state index is 12.1. The fourth-order valence-corrected chi connectivity index (χ4v) is 9.36. The Morgan fingerprint density at radius 3 is 1.90 bits per heavy atom. The van der Waals surface area contributed by atoms with Crippen LogP contribution in [0.25, 0.3) is 0 Å². The van der Waals surface area contributed by atoms with Crippen LogP contribution in [0, 0.1) is 11.8 Å². The molecule has 1 saturated carbocycles. The van der Waals surface area contributed by atoms with Crippen molar-refractivity contribution < 1.29 is 8.63 Å². The van der Waals surface area contributed by atoms with Crippen molar-refractivity contribution in [2.75, 3.05) is 6.61 Å². The molecular formula is C26H37NO2SSi. The van der Waals surface area contributed by atoms with E-state index in [0.29, 0.717) is 11.8 Å². The van der Waals surface area contributed by atoms with E-state index in [2.05, 4.69) is 85.8 Å². The number of hydrogen-bond acceptors (Lipinski definition) is 2. The summed E-state index contributed by atoms with van der Waals surface area (Å²) in [7, 11) is -3.63. The van der Waals surface area contributed by atoms with Gasteiger partial charge in [-0.2, -0.15) is 4.40 Å². The summed E-state index contributed by atoms with van der Waals surface area (Å²) < 4.78 is 23.1. The maximum Gasteiger partial charge on any atom is 0.261 e. The first-order valence-corrected chi connectivity index (χ1v) is 14.3. The standard InChI is InChI=1S/C26H37NO2SSi/c1-25(2,3)30(28)27-18-17-21-19-22(21)20-29-31(26(4,5)6,23-13-9-7-10-14-23)24-15-11-8-12-16-24/h7-16,18,21-22H,17,19-20H2,1-6H3/b27-18+/t21-,22+,30-/m0/s1. The van der Waals surface area contributed by atoms with Crippen molar-refractivity contribution in [3.63, 3.8) is 0 Å². The van der Waals surface area contributed by atoms with E-state index < -0.39 is 19.3 Å². The molecule has 0 heterocycles. The monoisotopic (exact) mass is 455 g/mol. The number of nitrogens with zero attached hydrogens (tertiary/aromatic N) is 1. The molecule has 0 aliphatic heterocycles. The van der Waals surface area contributed by atoms with Gasteiger partial charge in [0.25, 0.3) is 8.32 Å². The highest BCUT2D eigenvalue weighted by Gasteiger charge is 2.51. The van der Waals surface area contributed by atoms with Gasteiger partial charge in [0.15, 0.2) is 0 Å². The molecule has 0 amide bonds. The molecule has 3 atom stereocenters. The smallest absolute Gasteiger partial charge is 0.261 e. The van der Waals surface area contributed by atoms with Gasteiger partial charge in [0, 0.05) is 12.8 Å². The Bertz CT molecular complexity index is 861. The number of hydrogen-bond donors (Lipinski definition) is 0. The number of benzene rings is 2. The van der Waals surface area contributed by atoms with Gasteiger partial charge in [0.1, 0.15) is 11.0 Å². The first-order chi connectivity index (χ1) is 14.6. The second-order valence-corrected chi connectivity index (χ2v) is 16.9. The van der Waals surface area contributed by atoms with E-state index in [9.17, 15) is 4.21 Å². The van der Waals surface area contributed by atoms with Crippen LogP contribution in [0.2, 0.25) is 5.04 Å². The van der Waals surface area contributed by atoms with Crippen LogP contribution in [0.3, 0.4) is 0 Å². The summed E-state index contributed by atoms with van der Waals surface area (Å²) in [6.07, 6.45) is 3.91. The zero-order valence-corrected chi connectivity index (χ0v) is 21.6. The summed E-state index contributed by atoms with van der Waals surface area (Å²) in [4.78, 5) is 0. The molecule has 1 aliphatic rings. The van der Waals surface area contributed by atoms with E-state index in [1.165, 1.54) is 10.4 Å². The Hall–Kier alpha value is -1.56. The Morgan fingerprint density at radius 1 is 0.935 bits per heavy atom. The summed E-state index contributed by atoms with van der Waals surface area (Å²) >= 11 is 0. The van der Waals surface area contributed by atoms with Crippen molar-refractivity contribution in [3.05, 3.63) is 60.7 Å². The second-order valence-electron chi connectivity index (χ2n) is 10.6. The van der Waals surface area contributed by atoms with Crippen molar-refractivity contribution in [3.8, 4) is 0 Å². The molecule has 1 fully saturated rings. The molecule has 0 N–H and O–H groups in total. The van der Waals surface area contributed by atoms with Crippen molar-refractivity contribution in [1.29, 1.82) is 0 Å². The molecular weight excluding hydrogens is 418 g/mol. The molecule has 0 bridgehead atoms. The lowest BCUT2D eigenvalue weighted by Gasteiger charge is -2.43. The predicted molar refractivity (Wildman–Crippen MR) is 136 cm³/mol. The van der Waals surface area contributed by atoms with E-state index in [1.807, 2.05) is 27.0 Å². The van der Waals surface area contributed by atoms with Gasteiger partial charge in [-0.1, -0.05) is 81.4 Å². The van der Waals surface area contributed by atoms with Crippen LogP contribution in [0.1, 0.15) is 54.4 Å². The molecule has 0 unspecified atom stereocenters. The minimum Gasteiger partial charge on any atom is -0.407 e. The first-order valence-electron chi connectivity index (χ1n) is 11.3. The molecule has 0 spiro atoms. The molecule has 5 heteroatoms. The van der Waals surface area contributed by atoms with Crippen LogP contribution in [-0.4, -0.2) is 30.1 Å². The van der Waals surface area contributed by atoms with E-state index in [-0.39, 0.29) is 9.79 Å². The van der Waals surface area contributed by atoms with Crippen LogP contribution in [0.4, 0.5) is 0 Å². The zero-order chi connectivity index (χ0) is 22.7. The third-order valence-corrected chi connectivity index (χ3v) is 12.5. The highest BCUT2D eigenvalue weighted by molar-refractivity contribution is 7.85. The fraction of sp³-hybridized carbons (Fsp3) is 0.500.